The smallest absolute Gasteiger partial charge is 0.356 e. The molecule has 0 aromatic rings. The number of carboxylic acids is 1. The Morgan fingerprint density at radius 1 is 1.15 bits per heavy atom. The average Bonchev–Trinajstić information content (AvgIpc) is 2.41. The molecule has 108 valence electrons. The van der Waals surface area contributed by atoms with Crippen LogP contribution in [0.15, 0.2) is 15.0 Å². The third-order valence-corrected chi connectivity index (χ3v) is 2.84. The molecule has 0 aromatic heterocycles. The summed E-state index contributed by atoms with van der Waals surface area (Å²) in [6.07, 6.45) is 5.33. The molecule has 0 rings (SSSR count). The van der Waals surface area contributed by atoms with Crippen LogP contribution in [0.3, 0.4) is 0 Å². The third kappa shape index (κ3) is 4.71. The highest BCUT2D eigenvalue weighted by atomic mass is 16.4. The second-order valence-electron chi connectivity index (χ2n) is 4.04. The van der Waals surface area contributed by atoms with Gasteiger partial charge in [0, 0.05) is 5.92 Å². The molecule has 1 N–H and O–H groups in total. The van der Waals surface area contributed by atoms with Crippen molar-refractivity contribution in [2.75, 3.05) is 6.54 Å². The Balaban J connectivity index is 5.39. The largest absolute Gasteiger partial charge is 0.478 e. The number of nitrogens with zero attached hydrogens (tertiary/aromatic N) is 3. The number of hydrogen-bond acceptors (Lipinski definition) is 7. The summed E-state index contributed by atoms with van der Waals surface area (Å²) in [6, 6.07) is 0. The zero-order valence-corrected chi connectivity index (χ0v) is 11.0. The number of aliphatic carboxylic acids is 1. The summed E-state index contributed by atoms with van der Waals surface area (Å²) in [4.78, 5) is 52.1. The van der Waals surface area contributed by atoms with E-state index in [0.29, 0.717) is 19.3 Å². The van der Waals surface area contributed by atoms with Crippen LogP contribution in [0.2, 0.25) is 0 Å². The zero-order chi connectivity index (χ0) is 15.4. The molecule has 0 aromatic carbocycles. The van der Waals surface area contributed by atoms with Crippen LogP contribution in [0.4, 0.5) is 0 Å². The van der Waals surface area contributed by atoms with E-state index in [4.69, 9.17) is 0 Å². The number of rotatable bonds is 10. The van der Waals surface area contributed by atoms with Crippen molar-refractivity contribution in [2.45, 2.75) is 38.3 Å². The first-order valence-electron chi connectivity index (χ1n) is 6.04. The number of isocyanates is 3. The Bertz CT molecular complexity index is 448. The second-order valence-corrected chi connectivity index (χ2v) is 4.04. The molecule has 1 unspecified atom stereocenters. The van der Waals surface area contributed by atoms with Crippen molar-refractivity contribution in [3.63, 3.8) is 0 Å². The molecule has 0 radical (unpaired) electrons. The van der Waals surface area contributed by atoms with Crippen LogP contribution in [0.5, 0.6) is 0 Å². The van der Waals surface area contributed by atoms with Crippen molar-refractivity contribution < 1.29 is 24.3 Å². The molecule has 0 amide bonds. The van der Waals surface area contributed by atoms with Gasteiger partial charge in [0.15, 0.2) is 0 Å². The summed E-state index contributed by atoms with van der Waals surface area (Å²) < 4.78 is 0. The van der Waals surface area contributed by atoms with Gasteiger partial charge in [-0.05, 0) is 19.3 Å². The van der Waals surface area contributed by atoms with Gasteiger partial charge >= 0.3 is 5.97 Å². The molecule has 0 fully saturated rings. The molecule has 0 spiro atoms. The summed E-state index contributed by atoms with van der Waals surface area (Å²) in [7, 11) is 0. The topological polar surface area (TPSA) is 126 Å². The monoisotopic (exact) mass is 281 g/mol. The molecule has 0 aliphatic carbocycles. The lowest BCUT2D eigenvalue weighted by Crippen LogP contribution is -2.42. The molecule has 20 heavy (non-hydrogen) atoms. The van der Waals surface area contributed by atoms with Crippen LogP contribution in [0.25, 0.3) is 0 Å². The van der Waals surface area contributed by atoms with Crippen molar-refractivity contribution in [3.8, 4) is 0 Å². The van der Waals surface area contributed by atoms with Crippen molar-refractivity contribution in [1.29, 1.82) is 0 Å². The predicted molar refractivity (Wildman–Crippen MR) is 67.2 cm³/mol. The maximum atomic E-state index is 11.4. The quantitative estimate of drug-likeness (QED) is 0.363. The molecule has 0 aliphatic rings. The van der Waals surface area contributed by atoms with E-state index in [2.05, 4.69) is 15.0 Å². The minimum absolute atomic E-state index is 0.176. The van der Waals surface area contributed by atoms with Gasteiger partial charge in [0.1, 0.15) is 0 Å². The minimum atomic E-state index is -2.20. The van der Waals surface area contributed by atoms with Gasteiger partial charge < -0.3 is 5.11 Å². The molecule has 0 bridgehead atoms. The fourth-order valence-electron chi connectivity index (χ4n) is 1.97. The van der Waals surface area contributed by atoms with Gasteiger partial charge in [-0.1, -0.05) is 13.3 Å². The standard InChI is InChI=1S/C12H15N3O5/c1-2-4-10(5-3-6-13-7-16)12(11(19)20,14-8-17)15-9-18/h10H,2-6H2,1H3,(H,19,20). The fourth-order valence-corrected chi connectivity index (χ4v) is 1.97. The lowest BCUT2D eigenvalue weighted by Gasteiger charge is -2.27. The predicted octanol–water partition coefficient (Wildman–Crippen LogP) is 0.971. The Labute approximate surface area is 115 Å². The first kappa shape index (κ1) is 17.6. The van der Waals surface area contributed by atoms with Gasteiger partial charge in [0.25, 0.3) is 5.66 Å². The van der Waals surface area contributed by atoms with E-state index in [-0.39, 0.29) is 13.0 Å². The second kappa shape index (κ2) is 9.53. The molecule has 1 atom stereocenters. The van der Waals surface area contributed by atoms with Gasteiger partial charge in [-0.15, -0.1) is 0 Å². The van der Waals surface area contributed by atoms with Crippen LogP contribution in [-0.4, -0.2) is 41.5 Å². The van der Waals surface area contributed by atoms with E-state index in [0.717, 1.165) is 12.2 Å². The number of carboxylic acid groups (broad SMARTS) is 1. The maximum Gasteiger partial charge on any atom is 0.356 e. The lowest BCUT2D eigenvalue weighted by molar-refractivity contribution is -0.145. The van der Waals surface area contributed by atoms with Gasteiger partial charge in [-0.25, -0.2) is 24.2 Å². The summed E-state index contributed by atoms with van der Waals surface area (Å²) in [6.45, 7) is 1.99. The molecule has 8 heteroatoms. The van der Waals surface area contributed by atoms with E-state index in [1.807, 2.05) is 6.92 Å². The average molecular weight is 281 g/mol. The van der Waals surface area contributed by atoms with Crippen molar-refractivity contribution in [1.82, 2.24) is 0 Å². The number of carbonyl (C=O) groups excluding carboxylic acids is 3. The van der Waals surface area contributed by atoms with Crippen LogP contribution in [0.1, 0.15) is 32.6 Å². The Hall–Kier alpha value is -2.39. The van der Waals surface area contributed by atoms with Gasteiger partial charge in [-0.2, -0.15) is 9.98 Å². The highest BCUT2D eigenvalue weighted by Gasteiger charge is 2.46. The molecule has 0 aliphatic heterocycles. The molecule has 0 saturated carbocycles. The Morgan fingerprint density at radius 3 is 2.15 bits per heavy atom. The summed E-state index contributed by atoms with van der Waals surface area (Å²) in [5, 5.41) is 9.25. The minimum Gasteiger partial charge on any atom is -0.478 e. The molecule has 8 nitrogen and oxygen atoms in total. The Kier molecular flexibility index (Phi) is 8.39. The van der Waals surface area contributed by atoms with Crippen molar-refractivity contribution in [2.24, 2.45) is 20.9 Å². The van der Waals surface area contributed by atoms with Crippen molar-refractivity contribution in [3.05, 3.63) is 0 Å². The van der Waals surface area contributed by atoms with Crippen molar-refractivity contribution >= 4 is 24.2 Å². The molecular formula is C12H15N3O5. The molecule has 0 heterocycles. The van der Waals surface area contributed by atoms with Crippen LogP contribution >= 0.6 is 0 Å². The number of hydrogen-bond donors (Lipinski definition) is 1. The molecule has 0 saturated heterocycles. The van der Waals surface area contributed by atoms with E-state index < -0.39 is 17.6 Å². The summed E-state index contributed by atoms with van der Waals surface area (Å²) in [5.41, 5.74) is -2.20. The first-order valence-corrected chi connectivity index (χ1v) is 6.04. The summed E-state index contributed by atoms with van der Waals surface area (Å²) >= 11 is 0. The number of carbonyl (C=O) groups is 1. The highest BCUT2D eigenvalue weighted by molar-refractivity contribution is 5.81. The van der Waals surface area contributed by atoms with Gasteiger partial charge in [-0.3, -0.25) is 0 Å². The van der Waals surface area contributed by atoms with E-state index in [9.17, 15) is 24.3 Å². The van der Waals surface area contributed by atoms with Gasteiger partial charge in [0.05, 0.1) is 6.54 Å². The fraction of sp³-hybridized carbons (Fsp3) is 0.667. The van der Waals surface area contributed by atoms with E-state index in [1.165, 1.54) is 6.08 Å². The van der Waals surface area contributed by atoms with E-state index in [1.54, 1.807) is 0 Å². The summed E-state index contributed by atoms with van der Waals surface area (Å²) in [5.74, 6) is -2.20. The van der Waals surface area contributed by atoms with Crippen LogP contribution in [-0.2, 0) is 19.2 Å². The third-order valence-electron chi connectivity index (χ3n) is 2.84. The molecular weight excluding hydrogens is 266 g/mol. The van der Waals surface area contributed by atoms with E-state index >= 15 is 0 Å². The zero-order valence-electron chi connectivity index (χ0n) is 11.0. The van der Waals surface area contributed by atoms with Crippen LogP contribution < -0.4 is 0 Å². The lowest BCUT2D eigenvalue weighted by atomic mass is 9.85. The SMILES string of the molecule is CCCC(CCCN=C=O)C(N=C=O)(N=C=O)C(=O)O. The highest BCUT2D eigenvalue weighted by Crippen LogP contribution is 2.32. The Morgan fingerprint density at radius 2 is 1.75 bits per heavy atom. The van der Waals surface area contributed by atoms with Crippen LogP contribution in [0, 0.1) is 5.92 Å². The maximum absolute atomic E-state index is 11.4. The number of aliphatic imine (C=N–C) groups is 3. The first-order chi connectivity index (χ1) is 9.58. The normalized spacial score (nSPS) is 13.8. The van der Waals surface area contributed by atoms with Gasteiger partial charge in [0.2, 0.25) is 18.2 Å².